The van der Waals surface area contributed by atoms with E-state index in [0.717, 1.165) is 23.4 Å². The molecule has 6 heteroatoms. The Balaban J connectivity index is 2.15. The van der Waals surface area contributed by atoms with Crippen molar-refractivity contribution in [2.45, 2.75) is 18.6 Å². The summed E-state index contributed by atoms with van der Waals surface area (Å²) in [4.78, 5) is 0. The fourth-order valence-corrected chi connectivity index (χ4v) is 2.15. The standard InChI is InChI=1S/C14H16F3N3/c1-18-12(13-7-8-19-20(13)2)9-10-3-5-11(6-4-10)14(15,16)17/h3-8,12,18H,9H2,1-2H3. The molecule has 3 nitrogen and oxygen atoms in total. The molecule has 1 atom stereocenters. The molecular weight excluding hydrogens is 267 g/mol. The average Bonchev–Trinajstić information content (AvgIpc) is 2.82. The maximum atomic E-state index is 12.5. The number of alkyl halides is 3. The highest BCUT2D eigenvalue weighted by molar-refractivity contribution is 5.26. The molecule has 0 aliphatic carbocycles. The van der Waals surface area contributed by atoms with Crippen molar-refractivity contribution in [1.29, 1.82) is 0 Å². The zero-order valence-corrected chi connectivity index (χ0v) is 11.3. The molecule has 20 heavy (non-hydrogen) atoms. The van der Waals surface area contributed by atoms with Crippen LogP contribution in [-0.2, 0) is 19.6 Å². The van der Waals surface area contributed by atoms with Crippen molar-refractivity contribution >= 4 is 0 Å². The maximum absolute atomic E-state index is 12.5. The summed E-state index contributed by atoms with van der Waals surface area (Å²) >= 11 is 0. The van der Waals surface area contributed by atoms with E-state index in [2.05, 4.69) is 10.4 Å². The summed E-state index contributed by atoms with van der Waals surface area (Å²) in [6, 6.07) is 7.17. The molecule has 1 unspecified atom stereocenters. The number of rotatable bonds is 4. The number of benzene rings is 1. The number of aromatic nitrogens is 2. The van der Waals surface area contributed by atoms with E-state index in [0.29, 0.717) is 6.42 Å². The molecule has 1 heterocycles. The largest absolute Gasteiger partial charge is 0.416 e. The first kappa shape index (κ1) is 14.6. The molecule has 0 aliphatic heterocycles. The Hall–Kier alpha value is -1.82. The molecule has 1 aromatic carbocycles. The summed E-state index contributed by atoms with van der Waals surface area (Å²) in [6.45, 7) is 0. The number of nitrogens with one attached hydrogen (secondary N) is 1. The van der Waals surface area contributed by atoms with Gasteiger partial charge < -0.3 is 5.32 Å². The van der Waals surface area contributed by atoms with Crippen LogP contribution in [0.15, 0.2) is 36.5 Å². The second kappa shape index (κ2) is 5.66. The summed E-state index contributed by atoms with van der Waals surface area (Å²) in [5.74, 6) is 0. The summed E-state index contributed by atoms with van der Waals surface area (Å²) in [5, 5.41) is 7.26. The summed E-state index contributed by atoms with van der Waals surface area (Å²) in [5.41, 5.74) is 1.22. The van der Waals surface area contributed by atoms with Gasteiger partial charge in [-0.15, -0.1) is 0 Å². The number of hydrogen-bond acceptors (Lipinski definition) is 2. The number of likely N-dealkylation sites (N-methyl/N-ethyl adjacent to an activating group) is 1. The van der Waals surface area contributed by atoms with Crippen LogP contribution in [0.2, 0.25) is 0 Å². The lowest BCUT2D eigenvalue weighted by Crippen LogP contribution is -2.21. The van der Waals surface area contributed by atoms with Crippen LogP contribution in [0.3, 0.4) is 0 Å². The smallest absolute Gasteiger partial charge is 0.311 e. The zero-order chi connectivity index (χ0) is 14.8. The molecule has 0 amide bonds. The van der Waals surface area contributed by atoms with Gasteiger partial charge in [-0.3, -0.25) is 4.68 Å². The molecule has 2 rings (SSSR count). The molecule has 0 saturated heterocycles. The third kappa shape index (κ3) is 3.19. The molecular formula is C14H16F3N3. The Bertz CT molecular complexity index is 558. The van der Waals surface area contributed by atoms with Crippen molar-refractivity contribution in [1.82, 2.24) is 15.1 Å². The van der Waals surface area contributed by atoms with E-state index in [-0.39, 0.29) is 6.04 Å². The molecule has 0 bridgehead atoms. The number of halogens is 3. The van der Waals surface area contributed by atoms with Gasteiger partial charge in [0.15, 0.2) is 0 Å². The molecule has 0 fully saturated rings. The van der Waals surface area contributed by atoms with E-state index < -0.39 is 11.7 Å². The lowest BCUT2D eigenvalue weighted by Gasteiger charge is -2.17. The van der Waals surface area contributed by atoms with Crippen LogP contribution in [0.1, 0.15) is 22.9 Å². The third-order valence-electron chi connectivity index (χ3n) is 3.29. The second-order valence-electron chi connectivity index (χ2n) is 4.62. The van der Waals surface area contributed by atoms with Gasteiger partial charge in [-0.1, -0.05) is 12.1 Å². The van der Waals surface area contributed by atoms with Crippen molar-refractivity contribution in [3.63, 3.8) is 0 Å². The first-order chi connectivity index (χ1) is 9.41. The van der Waals surface area contributed by atoms with Gasteiger partial charge in [0, 0.05) is 13.2 Å². The fraction of sp³-hybridized carbons (Fsp3) is 0.357. The average molecular weight is 283 g/mol. The normalized spacial score (nSPS) is 13.4. The lowest BCUT2D eigenvalue weighted by molar-refractivity contribution is -0.137. The van der Waals surface area contributed by atoms with Gasteiger partial charge in [0.25, 0.3) is 0 Å². The van der Waals surface area contributed by atoms with Crippen LogP contribution in [-0.4, -0.2) is 16.8 Å². The highest BCUT2D eigenvalue weighted by Gasteiger charge is 2.30. The van der Waals surface area contributed by atoms with E-state index in [1.807, 2.05) is 20.2 Å². The quantitative estimate of drug-likeness (QED) is 0.935. The van der Waals surface area contributed by atoms with Crippen LogP contribution in [0, 0.1) is 0 Å². The van der Waals surface area contributed by atoms with Crippen LogP contribution < -0.4 is 5.32 Å². The monoisotopic (exact) mass is 283 g/mol. The zero-order valence-electron chi connectivity index (χ0n) is 11.3. The lowest BCUT2D eigenvalue weighted by atomic mass is 10.0. The highest BCUT2D eigenvalue weighted by atomic mass is 19.4. The minimum atomic E-state index is -4.29. The summed E-state index contributed by atoms with van der Waals surface area (Å²) < 4.78 is 39.3. The van der Waals surface area contributed by atoms with Crippen LogP contribution in [0.4, 0.5) is 13.2 Å². The van der Waals surface area contributed by atoms with E-state index in [9.17, 15) is 13.2 Å². The molecule has 2 aromatic rings. The van der Waals surface area contributed by atoms with Crippen molar-refractivity contribution < 1.29 is 13.2 Å². The number of aryl methyl sites for hydroxylation is 1. The molecule has 0 spiro atoms. The Morgan fingerprint density at radius 3 is 2.30 bits per heavy atom. The Morgan fingerprint density at radius 1 is 1.20 bits per heavy atom. The van der Waals surface area contributed by atoms with E-state index in [4.69, 9.17) is 0 Å². The molecule has 1 aromatic heterocycles. The topological polar surface area (TPSA) is 29.9 Å². The van der Waals surface area contributed by atoms with Gasteiger partial charge in [-0.2, -0.15) is 18.3 Å². The van der Waals surface area contributed by atoms with Gasteiger partial charge in [-0.25, -0.2) is 0 Å². The number of hydrogen-bond donors (Lipinski definition) is 1. The summed E-state index contributed by atoms with van der Waals surface area (Å²) in [6.07, 6.45) is -1.98. The van der Waals surface area contributed by atoms with E-state index in [1.165, 1.54) is 12.1 Å². The molecule has 0 aliphatic rings. The number of nitrogens with zero attached hydrogens (tertiary/aromatic N) is 2. The Morgan fingerprint density at radius 2 is 1.85 bits per heavy atom. The van der Waals surface area contributed by atoms with Gasteiger partial charge in [-0.05, 0) is 37.2 Å². The SMILES string of the molecule is CNC(Cc1ccc(C(F)(F)F)cc1)c1ccnn1C. The molecule has 108 valence electrons. The summed E-state index contributed by atoms with van der Waals surface area (Å²) in [7, 11) is 3.66. The van der Waals surface area contributed by atoms with E-state index >= 15 is 0 Å². The van der Waals surface area contributed by atoms with Gasteiger partial charge >= 0.3 is 6.18 Å². The van der Waals surface area contributed by atoms with Gasteiger partial charge in [0.2, 0.25) is 0 Å². The third-order valence-corrected chi connectivity index (χ3v) is 3.29. The predicted octanol–water partition coefficient (Wildman–Crippen LogP) is 2.94. The van der Waals surface area contributed by atoms with Crippen molar-refractivity contribution in [2.75, 3.05) is 7.05 Å². The van der Waals surface area contributed by atoms with Crippen molar-refractivity contribution in [3.8, 4) is 0 Å². The molecule has 1 N–H and O–H groups in total. The molecule has 0 saturated carbocycles. The maximum Gasteiger partial charge on any atom is 0.416 e. The highest BCUT2D eigenvalue weighted by Crippen LogP contribution is 2.29. The Labute approximate surface area is 115 Å². The Kier molecular flexibility index (Phi) is 4.13. The second-order valence-corrected chi connectivity index (χ2v) is 4.62. The first-order valence-corrected chi connectivity index (χ1v) is 6.23. The van der Waals surface area contributed by atoms with Gasteiger partial charge in [0.05, 0.1) is 17.3 Å². The van der Waals surface area contributed by atoms with Crippen LogP contribution in [0.5, 0.6) is 0 Å². The predicted molar refractivity (Wildman–Crippen MR) is 70.2 cm³/mol. The van der Waals surface area contributed by atoms with E-state index in [1.54, 1.807) is 10.9 Å². The minimum Gasteiger partial charge on any atom is -0.311 e. The van der Waals surface area contributed by atoms with Gasteiger partial charge in [0.1, 0.15) is 0 Å². The fourth-order valence-electron chi connectivity index (χ4n) is 2.15. The van der Waals surface area contributed by atoms with Crippen LogP contribution >= 0.6 is 0 Å². The molecule has 0 radical (unpaired) electrons. The van der Waals surface area contributed by atoms with Crippen LogP contribution in [0.25, 0.3) is 0 Å². The first-order valence-electron chi connectivity index (χ1n) is 6.23. The van der Waals surface area contributed by atoms with Crippen molar-refractivity contribution in [2.24, 2.45) is 7.05 Å². The van der Waals surface area contributed by atoms with Crippen molar-refractivity contribution in [3.05, 3.63) is 53.3 Å². The minimum absolute atomic E-state index is 0.0132.